The van der Waals surface area contributed by atoms with Gasteiger partial charge in [0.05, 0.1) is 24.3 Å². The van der Waals surface area contributed by atoms with Crippen molar-refractivity contribution in [1.82, 2.24) is 19.9 Å². The maximum atomic E-state index is 5.71. The zero-order chi connectivity index (χ0) is 11.5. The summed E-state index contributed by atoms with van der Waals surface area (Å²) in [5.74, 6) is 0.797. The fourth-order valence-corrected chi connectivity index (χ4v) is 2.03. The van der Waals surface area contributed by atoms with Crippen LogP contribution in [-0.2, 0) is 6.54 Å². The molecule has 1 aliphatic rings. The highest BCUT2D eigenvalue weighted by Crippen LogP contribution is 2.18. The Morgan fingerprint density at radius 1 is 1.41 bits per heavy atom. The minimum atomic E-state index is 0.200. The van der Waals surface area contributed by atoms with Gasteiger partial charge in [-0.25, -0.2) is 4.98 Å². The van der Waals surface area contributed by atoms with Crippen molar-refractivity contribution >= 4 is 0 Å². The molecule has 0 radical (unpaired) electrons. The van der Waals surface area contributed by atoms with Crippen molar-refractivity contribution in [1.29, 1.82) is 0 Å². The van der Waals surface area contributed by atoms with Crippen molar-refractivity contribution in [2.75, 3.05) is 13.2 Å². The second kappa shape index (κ2) is 4.55. The van der Waals surface area contributed by atoms with Gasteiger partial charge in [-0.3, -0.25) is 4.98 Å². The smallest absolute Gasteiger partial charge is 0.137 e. The fourth-order valence-electron chi connectivity index (χ4n) is 2.03. The molecule has 2 aromatic rings. The van der Waals surface area contributed by atoms with Crippen LogP contribution in [0.5, 0.6) is 5.75 Å². The third-order valence-electron chi connectivity index (χ3n) is 2.90. The molecule has 0 saturated heterocycles. The predicted molar refractivity (Wildman–Crippen MR) is 62.7 cm³/mol. The molecule has 0 spiro atoms. The molecule has 5 heteroatoms. The first kappa shape index (κ1) is 10.3. The number of aromatic nitrogens is 3. The average molecular weight is 230 g/mol. The lowest BCUT2D eigenvalue weighted by Crippen LogP contribution is -2.36. The van der Waals surface area contributed by atoms with Gasteiger partial charge in [-0.15, -0.1) is 0 Å². The highest BCUT2D eigenvalue weighted by molar-refractivity contribution is 5.16. The lowest BCUT2D eigenvalue weighted by Gasteiger charge is -2.25. The van der Waals surface area contributed by atoms with Crippen LogP contribution in [0, 0.1) is 0 Å². The van der Waals surface area contributed by atoms with Crippen LogP contribution in [0.1, 0.15) is 11.7 Å². The molecule has 0 aliphatic carbocycles. The predicted octanol–water partition coefficient (Wildman–Crippen LogP) is 1.00. The molecule has 17 heavy (non-hydrogen) atoms. The molecule has 0 amide bonds. The van der Waals surface area contributed by atoms with Crippen molar-refractivity contribution in [3.63, 3.8) is 0 Å². The van der Waals surface area contributed by atoms with E-state index in [4.69, 9.17) is 4.74 Å². The van der Waals surface area contributed by atoms with Crippen molar-refractivity contribution in [2.45, 2.75) is 12.6 Å². The van der Waals surface area contributed by atoms with E-state index in [1.165, 1.54) is 5.69 Å². The maximum Gasteiger partial charge on any atom is 0.137 e. The SMILES string of the molecule is c1cncc(OCC2NCCn3cncc32)c1. The number of nitrogens with zero attached hydrogens (tertiary/aromatic N) is 3. The normalized spacial score (nSPS) is 18.7. The summed E-state index contributed by atoms with van der Waals surface area (Å²) in [5.41, 5.74) is 1.18. The van der Waals surface area contributed by atoms with E-state index in [0.717, 1.165) is 18.8 Å². The largest absolute Gasteiger partial charge is 0.490 e. The molecule has 1 atom stereocenters. The van der Waals surface area contributed by atoms with Crippen LogP contribution >= 0.6 is 0 Å². The zero-order valence-electron chi connectivity index (χ0n) is 9.41. The average Bonchev–Trinajstić information content (AvgIpc) is 2.86. The van der Waals surface area contributed by atoms with E-state index in [-0.39, 0.29) is 6.04 Å². The number of ether oxygens (including phenoxy) is 1. The van der Waals surface area contributed by atoms with Crippen molar-refractivity contribution < 1.29 is 4.74 Å². The van der Waals surface area contributed by atoms with E-state index in [1.54, 1.807) is 12.4 Å². The number of imidazole rings is 1. The van der Waals surface area contributed by atoms with Gasteiger partial charge in [0, 0.05) is 25.5 Å². The summed E-state index contributed by atoms with van der Waals surface area (Å²) in [6.07, 6.45) is 7.22. The Morgan fingerprint density at radius 2 is 2.41 bits per heavy atom. The lowest BCUT2D eigenvalue weighted by atomic mass is 10.2. The van der Waals surface area contributed by atoms with Gasteiger partial charge in [0.25, 0.3) is 0 Å². The van der Waals surface area contributed by atoms with Crippen molar-refractivity contribution in [3.8, 4) is 5.75 Å². The molecule has 3 heterocycles. The number of pyridine rings is 1. The van der Waals surface area contributed by atoms with Crippen LogP contribution in [0.3, 0.4) is 0 Å². The molecule has 1 N–H and O–H groups in total. The Bertz CT molecular complexity index is 482. The zero-order valence-corrected chi connectivity index (χ0v) is 9.41. The first-order valence-corrected chi connectivity index (χ1v) is 5.70. The van der Waals surface area contributed by atoms with Crippen LogP contribution < -0.4 is 10.1 Å². The fraction of sp³-hybridized carbons (Fsp3) is 0.333. The monoisotopic (exact) mass is 230 g/mol. The summed E-state index contributed by atoms with van der Waals surface area (Å²) in [6, 6.07) is 3.98. The molecule has 0 aromatic carbocycles. The molecule has 2 aromatic heterocycles. The molecule has 1 aliphatic heterocycles. The van der Waals surface area contributed by atoms with Gasteiger partial charge in [0.2, 0.25) is 0 Å². The lowest BCUT2D eigenvalue weighted by molar-refractivity contribution is 0.247. The van der Waals surface area contributed by atoms with Gasteiger partial charge >= 0.3 is 0 Å². The second-order valence-corrected chi connectivity index (χ2v) is 4.02. The Balaban J connectivity index is 1.68. The number of rotatable bonds is 3. The Kier molecular flexibility index (Phi) is 2.75. The summed E-state index contributed by atoms with van der Waals surface area (Å²) in [4.78, 5) is 8.18. The van der Waals surface area contributed by atoms with E-state index in [9.17, 15) is 0 Å². The third-order valence-corrected chi connectivity index (χ3v) is 2.90. The molecular formula is C12H14N4O. The summed E-state index contributed by atoms with van der Waals surface area (Å²) in [5, 5.41) is 3.43. The van der Waals surface area contributed by atoms with Gasteiger partial charge in [-0.05, 0) is 12.1 Å². The molecule has 3 rings (SSSR count). The van der Waals surface area contributed by atoms with Gasteiger partial charge in [-0.1, -0.05) is 0 Å². The number of fused-ring (bicyclic) bond motifs is 1. The Labute approximate surface area is 99.5 Å². The molecule has 0 fully saturated rings. The van der Waals surface area contributed by atoms with Crippen molar-refractivity contribution in [3.05, 3.63) is 42.7 Å². The van der Waals surface area contributed by atoms with Gasteiger partial charge in [-0.2, -0.15) is 0 Å². The maximum absolute atomic E-state index is 5.71. The molecular weight excluding hydrogens is 216 g/mol. The van der Waals surface area contributed by atoms with Gasteiger partial charge < -0.3 is 14.6 Å². The Morgan fingerprint density at radius 3 is 3.29 bits per heavy atom. The van der Waals surface area contributed by atoms with E-state index in [2.05, 4.69) is 19.9 Å². The summed E-state index contributed by atoms with van der Waals surface area (Å²) >= 11 is 0. The summed E-state index contributed by atoms with van der Waals surface area (Å²) in [6.45, 7) is 2.51. The minimum absolute atomic E-state index is 0.200. The van der Waals surface area contributed by atoms with E-state index >= 15 is 0 Å². The molecule has 1 unspecified atom stereocenters. The Hall–Kier alpha value is -1.88. The molecule has 0 bridgehead atoms. The van der Waals surface area contributed by atoms with Crippen LogP contribution in [0.15, 0.2) is 37.1 Å². The minimum Gasteiger partial charge on any atom is -0.490 e. The second-order valence-electron chi connectivity index (χ2n) is 4.02. The van der Waals surface area contributed by atoms with E-state index in [0.29, 0.717) is 6.61 Å². The number of hydrogen-bond donors (Lipinski definition) is 1. The standard InChI is InChI=1S/C12H14N4O/c1-2-10(6-13-3-1)17-8-11-12-7-14-9-16(12)5-4-15-11/h1-3,6-7,9,11,15H,4-5,8H2. The van der Waals surface area contributed by atoms with Crippen molar-refractivity contribution in [2.24, 2.45) is 0 Å². The molecule has 0 saturated carbocycles. The highest BCUT2D eigenvalue weighted by atomic mass is 16.5. The number of nitrogens with one attached hydrogen (secondary N) is 1. The van der Waals surface area contributed by atoms with Crippen LogP contribution in [0.4, 0.5) is 0 Å². The number of hydrogen-bond acceptors (Lipinski definition) is 4. The third kappa shape index (κ3) is 2.14. The van der Waals surface area contributed by atoms with E-state index < -0.39 is 0 Å². The van der Waals surface area contributed by atoms with Crippen LogP contribution in [0.2, 0.25) is 0 Å². The van der Waals surface area contributed by atoms with Crippen LogP contribution in [0.25, 0.3) is 0 Å². The molecule has 88 valence electrons. The van der Waals surface area contributed by atoms with E-state index in [1.807, 2.05) is 24.7 Å². The van der Waals surface area contributed by atoms with Gasteiger partial charge in [0.1, 0.15) is 12.4 Å². The highest BCUT2D eigenvalue weighted by Gasteiger charge is 2.20. The molecule has 5 nitrogen and oxygen atoms in total. The summed E-state index contributed by atoms with van der Waals surface area (Å²) < 4.78 is 7.87. The van der Waals surface area contributed by atoms with Crippen LogP contribution in [-0.4, -0.2) is 27.7 Å². The summed E-state index contributed by atoms with van der Waals surface area (Å²) in [7, 11) is 0. The topological polar surface area (TPSA) is 52.0 Å². The van der Waals surface area contributed by atoms with Gasteiger partial charge in [0.15, 0.2) is 0 Å². The first-order valence-electron chi connectivity index (χ1n) is 5.70. The first-order chi connectivity index (χ1) is 8.43. The quantitative estimate of drug-likeness (QED) is 0.854.